The summed E-state index contributed by atoms with van der Waals surface area (Å²) in [6.07, 6.45) is 3.27. The van der Waals surface area contributed by atoms with E-state index in [1.54, 1.807) is 13.2 Å². The van der Waals surface area contributed by atoms with Crippen LogP contribution in [0.25, 0.3) is 12.2 Å². The molecule has 1 aromatic heterocycles. The number of carbonyl (C=O) groups excluding carboxylic acids is 1. The van der Waals surface area contributed by atoms with E-state index in [-0.39, 0.29) is 11.3 Å². The summed E-state index contributed by atoms with van der Waals surface area (Å²) in [5, 5.41) is 0. The fraction of sp³-hybridized carbons (Fsp3) is 0.250. The number of aromatic amines is 1. The average Bonchev–Trinajstić information content (AvgIpc) is 3.05. The largest absolute Gasteiger partial charge is 0.493 e. The van der Waals surface area contributed by atoms with Gasteiger partial charge in [0.05, 0.1) is 16.3 Å². The summed E-state index contributed by atoms with van der Waals surface area (Å²) in [6, 6.07) is 15.4. The highest BCUT2D eigenvalue weighted by Crippen LogP contribution is 2.29. The molecule has 0 atom stereocenters. The predicted molar refractivity (Wildman–Crippen MR) is 120 cm³/mol. The van der Waals surface area contributed by atoms with Gasteiger partial charge in [-0.25, -0.2) is 0 Å². The third-order valence-electron chi connectivity index (χ3n) is 4.40. The summed E-state index contributed by atoms with van der Waals surface area (Å²) in [7, 11) is 1.59. The molecule has 0 fully saturated rings. The molecule has 0 saturated heterocycles. The maximum Gasteiger partial charge on any atom is 0.266 e. The third-order valence-corrected chi connectivity index (χ3v) is 5.37. The normalized spacial score (nSPS) is 12.8. The zero-order valence-electron chi connectivity index (χ0n) is 17.5. The predicted octanol–water partition coefficient (Wildman–Crippen LogP) is 3.25. The molecule has 1 N–H and O–H groups in total. The first-order valence-electron chi connectivity index (χ1n) is 9.58. The van der Waals surface area contributed by atoms with E-state index < -0.39 is 5.41 Å². The van der Waals surface area contributed by atoms with Gasteiger partial charge in [0.2, 0.25) is 0 Å². The number of carbonyl (C=O) groups is 1. The number of Topliss-reactive ketones (excluding diaryl/α,β-unsaturated/α-hetero) is 1. The van der Waals surface area contributed by atoms with Crippen LogP contribution in [0.4, 0.5) is 0 Å². The Morgan fingerprint density at radius 2 is 1.83 bits per heavy atom. The molecule has 0 amide bonds. The van der Waals surface area contributed by atoms with Gasteiger partial charge in [0.25, 0.3) is 5.56 Å². The number of hydrogen-bond donors (Lipinski definition) is 1. The van der Waals surface area contributed by atoms with Crippen molar-refractivity contribution in [2.75, 3.05) is 7.11 Å². The number of hydrogen-bond acceptors (Lipinski definition) is 5. The van der Waals surface area contributed by atoms with Crippen molar-refractivity contribution in [2.45, 2.75) is 27.4 Å². The smallest absolute Gasteiger partial charge is 0.266 e. The minimum atomic E-state index is -0.494. The second-order valence-electron chi connectivity index (χ2n) is 7.87. The molecule has 0 aliphatic rings. The Kier molecular flexibility index (Phi) is 6.57. The van der Waals surface area contributed by atoms with Crippen LogP contribution in [-0.2, 0) is 11.4 Å². The summed E-state index contributed by atoms with van der Waals surface area (Å²) in [5.41, 5.74) is 1.13. The highest BCUT2D eigenvalue weighted by atomic mass is 32.1. The lowest BCUT2D eigenvalue weighted by atomic mass is 9.91. The first-order valence-corrected chi connectivity index (χ1v) is 10.4. The Bertz CT molecular complexity index is 1200. The Morgan fingerprint density at radius 3 is 2.50 bits per heavy atom. The second kappa shape index (κ2) is 9.13. The number of rotatable bonds is 6. The van der Waals surface area contributed by atoms with Crippen molar-refractivity contribution in [3.8, 4) is 11.5 Å². The van der Waals surface area contributed by atoms with Gasteiger partial charge in [-0.2, -0.15) is 0 Å². The maximum atomic E-state index is 12.3. The first kappa shape index (κ1) is 21.6. The molecule has 30 heavy (non-hydrogen) atoms. The zero-order chi connectivity index (χ0) is 21.7. The molecule has 3 aromatic rings. The Balaban J connectivity index is 1.91. The Hall–Kier alpha value is -3.12. The first-order chi connectivity index (χ1) is 14.3. The molecule has 0 aliphatic heterocycles. The van der Waals surface area contributed by atoms with Gasteiger partial charge < -0.3 is 14.5 Å². The molecular weight excluding hydrogens is 398 g/mol. The van der Waals surface area contributed by atoms with Gasteiger partial charge in [0, 0.05) is 11.5 Å². The van der Waals surface area contributed by atoms with Gasteiger partial charge in [-0.1, -0.05) is 57.2 Å². The van der Waals surface area contributed by atoms with Gasteiger partial charge in [-0.3, -0.25) is 9.59 Å². The van der Waals surface area contributed by atoms with Crippen molar-refractivity contribution in [1.82, 2.24) is 4.98 Å². The number of ether oxygens (including phenoxy) is 2. The molecule has 0 bridgehead atoms. The lowest BCUT2D eigenvalue weighted by molar-refractivity contribution is -0.119. The molecule has 0 unspecified atom stereocenters. The van der Waals surface area contributed by atoms with E-state index in [2.05, 4.69) is 4.98 Å². The van der Waals surface area contributed by atoms with Crippen molar-refractivity contribution >= 4 is 29.3 Å². The molecule has 0 saturated carbocycles. The van der Waals surface area contributed by atoms with E-state index in [9.17, 15) is 9.59 Å². The summed E-state index contributed by atoms with van der Waals surface area (Å²) in [4.78, 5) is 27.3. The molecular formula is C24H25NO4S. The molecule has 6 heteroatoms. The molecule has 156 valence electrons. The SMILES string of the molecule is COc1ccc(/C=c2\s/c(=C/C(=O)C(C)(C)C)[nH]c2=O)cc1OCc1ccccc1. The summed E-state index contributed by atoms with van der Waals surface area (Å²) >= 11 is 1.25. The number of benzene rings is 2. The van der Waals surface area contributed by atoms with Gasteiger partial charge >= 0.3 is 0 Å². The number of ketones is 1. The van der Waals surface area contributed by atoms with Crippen LogP contribution in [0, 0.1) is 5.41 Å². The fourth-order valence-electron chi connectivity index (χ4n) is 2.64. The molecule has 0 aliphatic carbocycles. The van der Waals surface area contributed by atoms with Crippen LogP contribution in [0.15, 0.2) is 53.3 Å². The van der Waals surface area contributed by atoms with Crippen LogP contribution >= 0.6 is 11.3 Å². The summed E-state index contributed by atoms with van der Waals surface area (Å²) in [5.74, 6) is 1.18. The quantitative estimate of drug-likeness (QED) is 0.661. The van der Waals surface area contributed by atoms with E-state index in [4.69, 9.17) is 9.47 Å². The number of methoxy groups -OCH3 is 1. The minimum absolute atomic E-state index is 0.0346. The van der Waals surface area contributed by atoms with Crippen LogP contribution in [0.5, 0.6) is 11.5 Å². The second-order valence-corrected chi connectivity index (χ2v) is 8.96. The average molecular weight is 424 g/mol. The highest BCUT2D eigenvalue weighted by molar-refractivity contribution is 7.07. The van der Waals surface area contributed by atoms with Gasteiger partial charge in [0.1, 0.15) is 6.61 Å². The van der Waals surface area contributed by atoms with Crippen molar-refractivity contribution in [3.05, 3.63) is 79.2 Å². The van der Waals surface area contributed by atoms with Crippen LogP contribution in [0.1, 0.15) is 31.9 Å². The van der Waals surface area contributed by atoms with Gasteiger partial charge in [-0.05, 0) is 29.3 Å². The molecule has 0 spiro atoms. The number of aromatic nitrogens is 1. The Labute approximate surface area is 179 Å². The van der Waals surface area contributed by atoms with Gasteiger partial charge in [0.15, 0.2) is 17.3 Å². The fourth-order valence-corrected chi connectivity index (χ4v) is 3.53. The molecule has 2 aromatic carbocycles. The topological polar surface area (TPSA) is 68.4 Å². The third kappa shape index (κ3) is 5.48. The number of H-pyrrole nitrogens is 1. The Morgan fingerprint density at radius 1 is 1.10 bits per heavy atom. The zero-order valence-corrected chi connectivity index (χ0v) is 18.3. The molecule has 3 rings (SSSR count). The molecule has 5 nitrogen and oxygen atoms in total. The lowest BCUT2D eigenvalue weighted by Gasteiger charge is -2.12. The monoisotopic (exact) mass is 423 g/mol. The molecule has 0 radical (unpaired) electrons. The van der Waals surface area contributed by atoms with Gasteiger partial charge in [-0.15, -0.1) is 11.3 Å². The van der Waals surface area contributed by atoms with Crippen molar-refractivity contribution in [3.63, 3.8) is 0 Å². The van der Waals surface area contributed by atoms with Crippen LogP contribution in [0.2, 0.25) is 0 Å². The lowest BCUT2D eigenvalue weighted by Crippen LogP contribution is -2.22. The van der Waals surface area contributed by atoms with Crippen LogP contribution < -0.4 is 24.2 Å². The highest BCUT2D eigenvalue weighted by Gasteiger charge is 2.18. The molecule has 1 heterocycles. The summed E-state index contributed by atoms with van der Waals surface area (Å²) in [6.45, 7) is 5.95. The van der Waals surface area contributed by atoms with Crippen LogP contribution in [-0.4, -0.2) is 17.9 Å². The van der Waals surface area contributed by atoms with E-state index in [1.807, 2.05) is 69.3 Å². The van der Waals surface area contributed by atoms with Crippen LogP contribution in [0.3, 0.4) is 0 Å². The maximum absolute atomic E-state index is 12.3. The number of thiazole rings is 1. The summed E-state index contributed by atoms with van der Waals surface area (Å²) < 4.78 is 12.4. The van der Waals surface area contributed by atoms with Crippen molar-refractivity contribution < 1.29 is 14.3 Å². The minimum Gasteiger partial charge on any atom is -0.493 e. The standard InChI is InChI=1S/C24H25NO4S/c1-24(2,3)21(26)14-22-25-23(27)20(30-22)13-17-10-11-18(28-4)19(12-17)29-15-16-8-6-5-7-9-16/h5-14H,15H2,1-4H3,(H,25,27)/b20-13-,22-14+. The van der Waals surface area contributed by atoms with Crippen molar-refractivity contribution in [2.24, 2.45) is 5.41 Å². The van der Waals surface area contributed by atoms with E-state index in [1.165, 1.54) is 17.4 Å². The van der Waals surface area contributed by atoms with E-state index in [0.29, 0.717) is 27.3 Å². The van der Waals surface area contributed by atoms with Crippen molar-refractivity contribution in [1.29, 1.82) is 0 Å². The number of nitrogens with one attached hydrogen (secondary N) is 1. The van der Waals surface area contributed by atoms with E-state index >= 15 is 0 Å². The van der Waals surface area contributed by atoms with E-state index in [0.717, 1.165) is 11.1 Å².